The topological polar surface area (TPSA) is 73.9 Å². The van der Waals surface area contributed by atoms with Crippen molar-refractivity contribution in [1.29, 1.82) is 5.26 Å². The van der Waals surface area contributed by atoms with Gasteiger partial charge in [0.05, 0.1) is 0 Å². The van der Waals surface area contributed by atoms with Gasteiger partial charge in [-0.1, -0.05) is 6.07 Å². The zero-order chi connectivity index (χ0) is 20.8. The summed E-state index contributed by atoms with van der Waals surface area (Å²) in [5.41, 5.74) is 0.894. The molecule has 1 atom stereocenters. The molecule has 9 heteroatoms. The monoisotopic (exact) mass is 418 g/mol. The Balaban J connectivity index is 1.92. The maximum Gasteiger partial charge on any atom is 0.435 e. The van der Waals surface area contributed by atoms with E-state index in [2.05, 4.69) is 16.5 Å². The number of fused-ring (bicyclic) bond motifs is 1. The van der Waals surface area contributed by atoms with Gasteiger partial charge in [0, 0.05) is 42.2 Å². The van der Waals surface area contributed by atoms with E-state index in [1.54, 1.807) is 13.0 Å². The maximum absolute atomic E-state index is 13.7. The number of rotatable bonds is 3. The highest BCUT2D eigenvalue weighted by Gasteiger charge is 2.38. The molecule has 1 aliphatic heterocycles. The quantitative estimate of drug-likeness (QED) is 0.659. The molecule has 2 N–H and O–H groups in total. The van der Waals surface area contributed by atoms with E-state index in [4.69, 9.17) is 0 Å². The van der Waals surface area contributed by atoms with E-state index in [9.17, 15) is 23.5 Å². The van der Waals surface area contributed by atoms with E-state index < -0.39 is 11.9 Å². The van der Waals surface area contributed by atoms with Crippen molar-refractivity contribution in [2.24, 2.45) is 0 Å². The van der Waals surface area contributed by atoms with Gasteiger partial charge in [0.15, 0.2) is 5.69 Å². The second kappa shape index (κ2) is 7.21. The number of phenols is 1. The molecule has 0 saturated heterocycles. The van der Waals surface area contributed by atoms with Gasteiger partial charge >= 0.3 is 6.18 Å². The van der Waals surface area contributed by atoms with Gasteiger partial charge in [0.25, 0.3) is 0 Å². The van der Waals surface area contributed by atoms with Gasteiger partial charge in [-0.05, 0) is 41.8 Å². The predicted molar refractivity (Wildman–Crippen MR) is 103 cm³/mol. The number of nitrogens with zero attached hydrogens (tertiary/aromatic N) is 3. The third-order valence-electron chi connectivity index (χ3n) is 5.02. The van der Waals surface area contributed by atoms with Crippen molar-refractivity contribution >= 4 is 11.3 Å². The van der Waals surface area contributed by atoms with Gasteiger partial charge in [-0.3, -0.25) is 4.68 Å². The fourth-order valence-corrected chi connectivity index (χ4v) is 4.71. The molecule has 3 heterocycles. The number of halogens is 3. The molecule has 150 valence electrons. The molecule has 3 aromatic rings. The molecule has 2 aromatic heterocycles. The summed E-state index contributed by atoms with van der Waals surface area (Å²) in [6, 6.07) is 8.31. The van der Waals surface area contributed by atoms with Crippen molar-refractivity contribution in [2.75, 3.05) is 6.54 Å². The Morgan fingerprint density at radius 3 is 2.79 bits per heavy atom. The molecule has 1 aromatic carbocycles. The highest BCUT2D eigenvalue weighted by atomic mass is 32.1. The minimum absolute atomic E-state index is 0.0165. The molecule has 5 nitrogen and oxygen atoms in total. The summed E-state index contributed by atoms with van der Waals surface area (Å²) in [7, 11) is 0. The van der Waals surface area contributed by atoms with Crippen LogP contribution in [0.2, 0.25) is 0 Å². The van der Waals surface area contributed by atoms with Crippen molar-refractivity contribution in [2.45, 2.75) is 32.1 Å². The SMILES string of the molecule is CCn1cc(-c2ccc(O)cc2C2CNCc3sc(C#N)cc32)c(C(F)(F)F)n1. The molecule has 0 fully saturated rings. The summed E-state index contributed by atoms with van der Waals surface area (Å²) in [5, 5.41) is 26.3. The lowest BCUT2D eigenvalue weighted by Gasteiger charge is -2.26. The lowest BCUT2D eigenvalue weighted by molar-refractivity contribution is -0.141. The van der Waals surface area contributed by atoms with Crippen molar-refractivity contribution in [3.05, 3.63) is 57.0 Å². The van der Waals surface area contributed by atoms with Crippen molar-refractivity contribution in [3.8, 4) is 22.9 Å². The van der Waals surface area contributed by atoms with Crippen LogP contribution in [0.25, 0.3) is 11.1 Å². The number of hydrogen-bond acceptors (Lipinski definition) is 5. The number of aryl methyl sites for hydroxylation is 1. The number of thiophene rings is 1. The van der Waals surface area contributed by atoms with E-state index >= 15 is 0 Å². The van der Waals surface area contributed by atoms with E-state index in [0.29, 0.717) is 35.6 Å². The number of benzene rings is 1. The molecule has 0 spiro atoms. The van der Waals surface area contributed by atoms with E-state index in [1.807, 2.05) is 0 Å². The first-order valence-electron chi connectivity index (χ1n) is 9.03. The zero-order valence-electron chi connectivity index (χ0n) is 15.4. The van der Waals surface area contributed by atoms with Gasteiger partial charge in [0.2, 0.25) is 0 Å². The summed E-state index contributed by atoms with van der Waals surface area (Å²) >= 11 is 1.37. The Hall–Kier alpha value is -2.83. The molecular weight excluding hydrogens is 401 g/mol. The summed E-state index contributed by atoms with van der Waals surface area (Å²) in [5.74, 6) is -0.312. The minimum atomic E-state index is -4.60. The predicted octanol–water partition coefficient (Wildman–Crippen LogP) is 4.46. The molecule has 1 unspecified atom stereocenters. The van der Waals surface area contributed by atoms with Crippen LogP contribution in [0.3, 0.4) is 0 Å². The smallest absolute Gasteiger partial charge is 0.435 e. The number of alkyl halides is 3. The van der Waals surface area contributed by atoms with Gasteiger partial charge in [-0.25, -0.2) is 0 Å². The first-order chi connectivity index (χ1) is 13.8. The van der Waals surface area contributed by atoms with Crippen LogP contribution in [-0.4, -0.2) is 21.4 Å². The first-order valence-corrected chi connectivity index (χ1v) is 9.84. The van der Waals surface area contributed by atoms with E-state index in [-0.39, 0.29) is 17.2 Å². The van der Waals surface area contributed by atoms with E-state index in [1.165, 1.54) is 40.4 Å². The lowest BCUT2D eigenvalue weighted by Crippen LogP contribution is -2.27. The second-order valence-electron chi connectivity index (χ2n) is 6.80. The second-order valence-corrected chi connectivity index (χ2v) is 7.94. The average Bonchev–Trinajstić information content (AvgIpc) is 3.31. The van der Waals surface area contributed by atoms with Gasteiger partial charge < -0.3 is 10.4 Å². The maximum atomic E-state index is 13.7. The first kappa shape index (κ1) is 19.5. The fraction of sp³-hybridized carbons (Fsp3) is 0.300. The lowest BCUT2D eigenvalue weighted by atomic mass is 9.84. The number of hydrogen-bond donors (Lipinski definition) is 2. The summed E-state index contributed by atoms with van der Waals surface area (Å²) in [6.07, 6.45) is -3.21. The highest BCUT2D eigenvalue weighted by molar-refractivity contribution is 7.12. The standard InChI is InChI=1S/C20H17F3N4OS/c1-2-27-10-17(19(26-27)20(21,22)23)13-4-3-11(28)5-14(13)16-8-25-9-18-15(16)6-12(7-24)29-18/h3-6,10,16,25,28H,2,8-9H2,1H3. The number of aromatic hydroxyl groups is 1. The van der Waals surface area contributed by atoms with Crippen LogP contribution in [0.4, 0.5) is 13.2 Å². The number of aromatic nitrogens is 2. The molecule has 0 amide bonds. The molecule has 29 heavy (non-hydrogen) atoms. The third-order valence-corrected chi connectivity index (χ3v) is 6.07. The number of phenolic OH excluding ortho intramolecular Hbond substituents is 1. The van der Waals surface area contributed by atoms with Crippen molar-refractivity contribution in [3.63, 3.8) is 0 Å². The molecule has 4 rings (SSSR count). The van der Waals surface area contributed by atoms with Crippen LogP contribution < -0.4 is 5.32 Å². The molecular formula is C20H17F3N4OS. The minimum Gasteiger partial charge on any atom is -0.508 e. The third kappa shape index (κ3) is 3.50. The van der Waals surface area contributed by atoms with Crippen LogP contribution in [0.15, 0.2) is 30.5 Å². The van der Waals surface area contributed by atoms with Crippen molar-refractivity contribution in [1.82, 2.24) is 15.1 Å². The van der Waals surface area contributed by atoms with Crippen LogP contribution >= 0.6 is 11.3 Å². The van der Waals surface area contributed by atoms with Crippen molar-refractivity contribution < 1.29 is 18.3 Å². The zero-order valence-corrected chi connectivity index (χ0v) is 16.2. The van der Waals surface area contributed by atoms with Crippen LogP contribution in [0.5, 0.6) is 5.75 Å². The normalized spacial score (nSPS) is 16.4. The molecule has 0 bridgehead atoms. The molecule has 0 radical (unpaired) electrons. The van der Waals surface area contributed by atoms with Crippen LogP contribution in [-0.2, 0) is 19.3 Å². The summed E-state index contributed by atoms with van der Waals surface area (Å²) in [4.78, 5) is 1.53. The van der Waals surface area contributed by atoms with E-state index in [0.717, 1.165) is 10.4 Å². The summed E-state index contributed by atoms with van der Waals surface area (Å²) in [6.45, 7) is 3.13. The Bertz CT molecular complexity index is 1110. The Kier molecular flexibility index (Phi) is 4.84. The largest absolute Gasteiger partial charge is 0.508 e. The van der Waals surface area contributed by atoms with Gasteiger partial charge in [-0.2, -0.15) is 23.5 Å². The number of nitriles is 1. The molecule has 1 aliphatic rings. The highest BCUT2D eigenvalue weighted by Crippen LogP contribution is 2.43. The molecule has 0 saturated carbocycles. The van der Waals surface area contributed by atoms with Gasteiger partial charge in [0.1, 0.15) is 16.7 Å². The fourth-order valence-electron chi connectivity index (χ4n) is 3.72. The number of nitrogens with one attached hydrogen (secondary N) is 1. The van der Waals surface area contributed by atoms with Gasteiger partial charge in [-0.15, -0.1) is 11.3 Å². The Labute approximate surface area is 169 Å². The molecule has 0 aliphatic carbocycles. The average molecular weight is 418 g/mol. The Morgan fingerprint density at radius 1 is 1.31 bits per heavy atom. The van der Waals surface area contributed by atoms with Crippen LogP contribution in [0.1, 0.15) is 39.4 Å². The van der Waals surface area contributed by atoms with Crippen LogP contribution in [0, 0.1) is 11.3 Å². The summed E-state index contributed by atoms with van der Waals surface area (Å²) < 4.78 is 42.2. The Morgan fingerprint density at radius 2 is 2.10 bits per heavy atom.